The molecule has 1 atom stereocenters. The van der Waals surface area contributed by atoms with Crippen molar-refractivity contribution >= 4 is 5.91 Å². The van der Waals surface area contributed by atoms with Crippen molar-refractivity contribution < 1.29 is 9.90 Å². The first-order chi connectivity index (χ1) is 6.50. The van der Waals surface area contributed by atoms with E-state index in [0.29, 0.717) is 18.4 Å². The molecule has 0 aromatic rings. The lowest BCUT2D eigenvalue weighted by Crippen LogP contribution is -2.51. The van der Waals surface area contributed by atoms with Crippen molar-refractivity contribution in [1.29, 1.82) is 0 Å². The van der Waals surface area contributed by atoms with Crippen LogP contribution in [0.3, 0.4) is 0 Å². The highest BCUT2D eigenvalue weighted by molar-refractivity contribution is 5.81. The predicted molar refractivity (Wildman–Crippen MR) is 53.7 cm³/mol. The zero-order valence-corrected chi connectivity index (χ0v) is 8.99. The quantitative estimate of drug-likeness (QED) is 0.681. The lowest BCUT2D eigenvalue weighted by Gasteiger charge is -2.41. The van der Waals surface area contributed by atoms with Crippen molar-refractivity contribution in [2.75, 3.05) is 13.1 Å². The van der Waals surface area contributed by atoms with E-state index in [1.54, 1.807) is 0 Å². The van der Waals surface area contributed by atoms with Gasteiger partial charge in [0.1, 0.15) is 0 Å². The fraction of sp³-hybridized carbons (Fsp3) is 0.909. The Morgan fingerprint density at radius 1 is 1.36 bits per heavy atom. The van der Waals surface area contributed by atoms with E-state index < -0.39 is 0 Å². The Hall–Kier alpha value is -0.570. The first kappa shape index (κ1) is 9.97. The van der Waals surface area contributed by atoms with Crippen LogP contribution in [-0.4, -0.2) is 35.1 Å². The van der Waals surface area contributed by atoms with Crippen LogP contribution in [0.4, 0.5) is 0 Å². The third-order valence-electron chi connectivity index (χ3n) is 3.41. The number of hydrogen-bond acceptors (Lipinski definition) is 2. The summed E-state index contributed by atoms with van der Waals surface area (Å²) in [6.07, 6.45) is 2.60. The van der Waals surface area contributed by atoms with Crippen molar-refractivity contribution in [3.8, 4) is 0 Å². The van der Waals surface area contributed by atoms with Gasteiger partial charge in [-0.1, -0.05) is 13.8 Å². The zero-order chi connectivity index (χ0) is 10.3. The molecule has 1 unspecified atom stereocenters. The number of carbonyl (C=O) groups is 1. The van der Waals surface area contributed by atoms with E-state index in [9.17, 15) is 9.90 Å². The van der Waals surface area contributed by atoms with Gasteiger partial charge in [-0.2, -0.15) is 0 Å². The van der Waals surface area contributed by atoms with Gasteiger partial charge in [0.05, 0.1) is 6.10 Å². The number of aliphatic hydroxyl groups excluding tert-OH is 1. The minimum Gasteiger partial charge on any atom is -0.392 e. The van der Waals surface area contributed by atoms with E-state index in [2.05, 4.69) is 0 Å². The molecule has 1 aliphatic carbocycles. The van der Waals surface area contributed by atoms with Gasteiger partial charge in [-0.15, -0.1) is 0 Å². The van der Waals surface area contributed by atoms with Gasteiger partial charge in [0, 0.05) is 24.4 Å². The molecular weight excluding hydrogens is 178 g/mol. The number of nitrogens with zero attached hydrogens (tertiary/aromatic N) is 1. The molecule has 1 N–H and O–H groups in total. The molecule has 0 bridgehead atoms. The number of amides is 1. The molecule has 2 aliphatic rings. The summed E-state index contributed by atoms with van der Waals surface area (Å²) in [5.41, 5.74) is -0.136. The number of hydrogen-bond donors (Lipinski definition) is 1. The van der Waals surface area contributed by atoms with Crippen molar-refractivity contribution in [3.63, 3.8) is 0 Å². The van der Waals surface area contributed by atoms with Gasteiger partial charge < -0.3 is 10.0 Å². The van der Waals surface area contributed by atoms with Crippen molar-refractivity contribution in [2.45, 2.75) is 39.2 Å². The first-order valence-electron chi connectivity index (χ1n) is 5.47. The maximum atomic E-state index is 11.8. The fourth-order valence-corrected chi connectivity index (χ4v) is 2.12. The smallest absolute Gasteiger partial charge is 0.225 e. The Labute approximate surface area is 85.1 Å². The molecule has 1 aliphatic heterocycles. The topological polar surface area (TPSA) is 40.5 Å². The van der Waals surface area contributed by atoms with Crippen LogP contribution < -0.4 is 0 Å². The summed E-state index contributed by atoms with van der Waals surface area (Å²) in [5, 5.41) is 9.75. The van der Waals surface area contributed by atoms with Gasteiger partial charge in [-0.3, -0.25) is 4.79 Å². The molecule has 3 nitrogen and oxygen atoms in total. The minimum absolute atomic E-state index is 0.136. The Kier molecular flexibility index (Phi) is 2.30. The van der Waals surface area contributed by atoms with E-state index in [4.69, 9.17) is 0 Å². The number of piperidine rings is 1. The van der Waals surface area contributed by atoms with Gasteiger partial charge in [0.15, 0.2) is 0 Å². The van der Waals surface area contributed by atoms with Crippen LogP contribution in [0.15, 0.2) is 0 Å². The third-order valence-corrected chi connectivity index (χ3v) is 3.41. The summed E-state index contributed by atoms with van der Waals surface area (Å²) in [7, 11) is 0. The highest BCUT2D eigenvalue weighted by Gasteiger charge is 2.40. The number of aliphatic hydroxyl groups is 1. The second-order valence-electron chi connectivity index (χ2n) is 5.33. The molecule has 1 saturated heterocycles. The highest BCUT2D eigenvalue weighted by atomic mass is 16.3. The monoisotopic (exact) mass is 197 g/mol. The summed E-state index contributed by atoms with van der Waals surface area (Å²) in [6.45, 7) is 5.51. The van der Waals surface area contributed by atoms with Crippen LogP contribution in [0, 0.1) is 11.3 Å². The van der Waals surface area contributed by atoms with Crippen LogP contribution in [0.1, 0.15) is 33.1 Å². The van der Waals surface area contributed by atoms with Gasteiger partial charge in [-0.25, -0.2) is 0 Å². The number of carbonyl (C=O) groups excluding carboxylic acids is 1. The number of likely N-dealkylation sites (tertiary alicyclic amines) is 1. The van der Waals surface area contributed by atoms with E-state index in [-0.39, 0.29) is 11.5 Å². The molecule has 2 fully saturated rings. The Balaban J connectivity index is 1.98. The van der Waals surface area contributed by atoms with E-state index in [1.165, 1.54) is 0 Å². The summed E-state index contributed by atoms with van der Waals surface area (Å²) in [6, 6.07) is 0. The molecule has 1 heterocycles. The second kappa shape index (κ2) is 3.23. The average molecular weight is 197 g/mol. The van der Waals surface area contributed by atoms with E-state index in [1.807, 2.05) is 18.7 Å². The fourth-order valence-electron chi connectivity index (χ4n) is 2.12. The molecule has 0 aromatic heterocycles. The molecule has 0 spiro atoms. The summed E-state index contributed by atoms with van der Waals surface area (Å²) >= 11 is 0. The minimum atomic E-state index is -0.259. The Morgan fingerprint density at radius 2 is 2.00 bits per heavy atom. The molecule has 80 valence electrons. The van der Waals surface area contributed by atoms with Gasteiger partial charge in [0.25, 0.3) is 0 Å². The summed E-state index contributed by atoms with van der Waals surface area (Å²) in [4.78, 5) is 13.7. The SMILES string of the molecule is CC1(C)CN(C(=O)C2CC2)CCC1O. The zero-order valence-electron chi connectivity index (χ0n) is 8.99. The lowest BCUT2D eigenvalue weighted by molar-refractivity contribution is -0.139. The maximum Gasteiger partial charge on any atom is 0.225 e. The molecule has 1 saturated carbocycles. The van der Waals surface area contributed by atoms with E-state index >= 15 is 0 Å². The average Bonchev–Trinajstić information content (AvgIpc) is 2.91. The second-order valence-corrected chi connectivity index (χ2v) is 5.33. The van der Waals surface area contributed by atoms with Gasteiger partial charge >= 0.3 is 0 Å². The molecular formula is C11H19NO2. The lowest BCUT2D eigenvalue weighted by atomic mass is 9.81. The largest absolute Gasteiger partial charge is 0.392 e. The van der Waals surface area contributed by atoms with Crippen molar-refractivity contribution in [1.82, 2.24) is 4.90 Å². The van der Waals surface area contributed by atoms with Gasteiger partial charge in [-0.05, 0) is 19.3 Å². The molecule has 3 heteroatoms. The van der Waals surface area contributed by atoms with Crippen LogP contribution in [0.5, 0.6) is 0 Å². The summed E-state index contributed by atoms with van der Waals surface area (Å²) in [5.74, 6) is 0.617. The van der Waals surface area contributed by atoms with Crippen LogP contribution >= 0.6 is 0 Å². The molecule has 14 heavy (non-hydrogen) atoms. The maximum absolute atomic E-state index is 11.8. The van der Waals surface area contributed by atoms with Gasteiger partial charge in [0.2, 0.25) is 5.91 Å². The standard InChI is InChI=1S/C11H19NO2/c1-11(2)7-12(6-5-9(11)13)10(14)8-3-4-8/h8-9,13H,3-7H2,1-2H3. The Bertz CT molecular complexity index is 246. The Morgan fingerprint density at radius 3 is 2.50 bits per heavy atom. The first-order valence-corrected chi connectivity index (χ1v) is 5.47. The molecule has 2 rings (SSSR count). The van der Waals surface area contributed by atoms with Crippen molar-refractivity contribution in [3.05, 3.63) is 0 Å². The van der Waals surface area contributed by atoms with E-state index in [0.717, 1.165) is 25.8 Å². The number of rotatable bonds is 1. The van der Waals surface area contributed by atoms with Crippen LogP contribution in [-0.2, 0) is 4.79 Å². The molecule has 0 radical (unpaired) electrons. The highest BCUT2D eigenvalue weighted by Crippen LogP contribution is 2.35. The third kappa shape index (κ3) is 1.78. The van der Waals surface area contributed by atoms with Crippen LogP contribution in [0.2, 0.25) is 0 Å². The summed E-state index contributed by atoms with van der Waals surface area (Å²) < 4.78 is 0. The van der Waals surface area contributed by atoms with Crippen molar-refractivity contribution in [2.24, 2.45) is 11.3 Å². The predicted octanol–water partition coefficient (Wildman–Crippen LogP) is 1.02. The molecule has 1 amide bonds. The normalized spacial score (nSPS) is 31.6. The molecule has 0 aromatic carbocycles. The van der Waals surface area contributed by atoms with Crippen LogP contribution in [0.25, 0.3) is 0 Å².